The van der Waals surface area contributed by atoms with E-state index in [1.165, 1.54) is 11.0 Å². The average molecular weight is 254 g/mol. The van der Waals surface area contributed by atoms with E-state index in [1.54, 1.807) is 12.1 Å². The molecule has 1 aromatic rings. The topological polar surface area (TPSA) is 75.4 Å². The summed E-state index contributed by atoms with van der Waals surface area (Å²) in [7, 11) is 0. The molecule has 2 amide bonds. The molecule has 0 atom stereocenters. The number of nitrogens with zero attached hydrogens (tertiary/aromatic N) is 1. The number of nitrogen functional groups attached to an aromatic ring is 1. The zero-order valence-corrected chi connectivity index (χ0v) is 9.83. The summed E-state index contributed by atoms with van der Waals surface area (Å²) < 4.78 is 0. The third-order valence-electron chi connectivity index (χ3n) is 2.57. The first-order valence-electron chi connectivity index (χ1n) is 5.19. The fourth-order valence-electron chi connectivity index (χ4n) is 1.71. The number of nitrogens with one attached hydrogen (secondary N) is 1. The minimum absolute atomic E-state index is 0.0703. The molecule has 90 valence electrons. The van der Waals surface area contributed by atoms with E-state index in [9.17, 15) is 9.59 Å². The summed E-state index contributed by atoms with van der Waals surface area (Å²) in [6.07, 6.45) is 0. The second-order valence-corrected chi connectivity index (χ2v) is 4.24. The van der Waals surface area contributed by atoms with E-state index in [4.69, 9.17) is 17.3 Å². The molecule has 0 aliphatic carbocycles. The number of hydrogen-bond donors (Lipinski definition) is 2. The fourth-order valence-corrected chi connectivity index (χ4v) is 1.89. The normalized spacial score (nSPS) is 15.6. The Morgan fingerprint density at radius 1 is 1.47 bits per heavy atom. The second kappa shape index (κ2) is 4.63. The van der Waals surface area contributed by atoms with Crippen LogP contribution >= 0.6 is 11.6 Å². The highest BCUT2D eigenvalue weighted by Crippen LogP contribution is 2.19. The van der Waals surface area contributed by atoms with Crippen molar-refractivity contribution >= 4 is 29.1 Å². The Labute approximate surface area is 104 Å². The molecule has 1 aliphatic rings. The van der Waals surface area contributed by atoms with Crippen LogP contribution in [0.2, 0.25) is 5.02 Å². The van der Waals surface area contributed by atoms with Gasteiger partial charge in [-0.25, -0.2) is 0 Å². The number of piperazine rings is 1. The van der Waals surface area contributed by atoms with Gasteiger partial charge in [0.1, 0.15) is 0 Å². The predicted molar refractivity (Wildman–Crippen MR) is 64.8 cm³/mol. The van der Waals surface area contributed by atoms with Crippen LogP contribution in [0.1, 0.15) is 10.4 Å². The molecule has 0 unspecified atom stereocenters. The Hall–Kier alpha value is -1.75. The second-order valence-electron chi connectivity index (χ2n) is 3.81. The molecule has 2 rings (SSSR count). The summed E-state index contributed by atoms with van der Waals surface area (Å²) >= 11 is 5.76. The molecule has 0 bridgehead atoms. The molecule has 6 heteroatoms. The Bertz CT molecular complexity index is 476. The van der Waals surface area contributed by atoms with Gasteiger partial charge in [0.2, 0.25) is 5.91 Å². The van der Waals surface area contributed by atoms with Gasteiger partial charge in [0.05, 0.1) is 12.1 Å². The number of benzene rings is 1. The number of carbonyl (C=O) groups is 2. The Kier molecular flexibility index (Phi) is 3.19. The first-order chi connectivity index (χ1) is 8.08. The van der Waals surface area contributed by atoms with E-state index in [2.05, 4.69) is 5.32 Å². The minimum Gasteiger partial charge on any atom is -0.398 e. The van der Waals surface area contributed by atoms with Crippen molar-refractivity contribution < 1.29 is 9.59 Å². The van der Waals surface area contributed by atoms with Crippen molar-refractivity contribution in [3.8, 4) is 0 Å². The number of nitrogens with two attached hydrogens (primary N) is 1. The van der Waals surface area contributed by atoms with Crippen LogP contribution in [-0.4, -0.2) is 36.3 Å². The van der Waals surface area contributed by atoms with Gasteiger partial charge >= 0.3 is 0 Å². The highest BCUT2D eigenvalue weighted by atomic mass is 35.5. The summed E-state index contributed by atoms with van der Waals surface area (Å²) in [5.74, 6) is -0.397. The van der Waals surface area contributed by atoms with Crippen molar-refractivity contribution in [1.82, 2.24) is 10.2 Å². The van der Waals surface area contributed by atoms with Crippen molar-refractivity contribution in [2.24, 2.45) is 0 Å². The van der Waals surface area contributed by atoms with Gasteiger partial charge < -0.3 is 16.0 Å². The van der Waals surface area contributed by atoms with Gasteiger partial charge in [-0.15, -0.1) is 0 Å². The summed E-state index contributed by atoms with van der Waals surface area (Å²) in [5, 5.41) is 3.14. The maximum atomic E-state index is 12.1. The van der Waals surface area contributed by atoms with Gasteiger partial charge in [0.15, 0.2) is 0 Å². The first kappa shape index (κ1) is 11.7. The zero-order valence-electron chi connectivity index (χ0n) is 9.07. The molecule has 3 N–H and O–H groups in total. The van der Waals surface area contributed by atoms with Gasteiger partial charge in [-0.2, -0.15) is 0 Å². The molecular weight excluding hydrogens is 242 g/mol. The Morgan fingerprint density at radius 3 is 2.88 bits per heavy atom. The third kappa shape index (κ3) is 2.50. The van der Waals surface area contributed by atoms with Crippen LogP contribution in [0.5, 0.6) is 0 Å². The maximum Gasteiger partial charge on any atom is 0.256 e. The zero-order chi connectivity index (χ0) is 12.4. The van der Waals surface area contributed by atoms with Crippen LogP contribution in [0.4, 0.5) is 5.69 Å². The van der Waals surface area contributed by atoms with E-state index in [-0.39, 0.29) is 18.4 Å². The molecule has 0 spiro atoms. The number of carbonyl (C=O) groups excluding carboxylic acids is 2. The Balaban J connectivity index is 2.21. The van der Waals surface area contributed by atoms with Crippen molar-refractivity contribution in [3.63, 3.8) is 0 Å². The molecular formula is C11H12ClN3O2. The molecule has 1 heterocycles. The van der Waals surface area contributed by atoms with E-state index in [0.29, 0.717) is 29.4 Å². The van der Waals surface area contributed by atoms with E-state index >= 15 is 0 Å². The summed E-state index contributed by atoms with van der Waals surface area (Å²) in [4.78, 5) is 24.8. The standard InChI is InChI=1S/C11H12ClN3O2/c12-7-1-2-8(9(13)5-7)11(17)15-4-3-14-10(16)6-15/h1-2,5H,3-4,6,13H2,(H,14,16). The molecule has 5 nitrogen and oxygen atoms in total. The van der Waals surface area contributed by atoms with Crippen LogP contribution in [-0.2, 0) is 4.79 Å². The molecule has 17 heavy (non-hydrogen) atoms. The molecule has 1 saturated heterocycles. The Morgan fingerprint density at radius 2 is 2.24 bits per heavy atom. The molecule has 1 aliphatic heterocycles. The number of halogens is 1. The molecule has 1 aromatic carbocycles. The first-order valence-corrected chi connectivity index (χ1v) is 5.57. The quantitative estimate of drug-likeness (QED) is 0.716. The lowest BCUT2D eigenvalue weighted by Gasteiger charge is -2.27. The van der Waals surface area contributed by atoms with Gasteiger partial charge in [-0.1, -0.05) is 11.6 Å². The van der Waals surface area contributed by atoms with Crippen molar-refractivity contribution in [2.45, 2.75) is 0 Å². The van der Waals surface area contributed by atoms with Crippen molar-refractivity contribution in [1.29, 1.82) is 0 Å². The lowest BCUT2D eigenvalue weighted by atomic mass is 10.1. The van der Waals surface area contributed by atoms with Crippen molar-refractivity contribution in [2.75, 3.05) is 25.4 Å². The summed E-state index contributed by atoms with van der Waals surface area (Å²) in [6.45, 7) is 1.03. The minimum atomic E-state index is -0.242. The van der Waals surface area contributed by atoms with Crippen LogP contribution < -0.4 is 11.1 Å². The number of amides is 2. The predicted octanol–water partition coefficient (Wildman–Crippen LogP) is 0.494. The number of anilines is 1. The van der Waals surface area contributed by atoms with E-state index in [1.807, 2.05) is 0 Å². The number of hydrogen-bond acceptors (Lipinski definition) is 3. The molecule has 0 aromatic heterocycles. The maximum absolute atomic E-state index is 12.1. The SMILES string of the molecule is Nc1cc(Cl)ccc1C(=O)N1CCNC(=O)C1. The van der Waals surface area contributed by atoms with Crippen molar-refractivity contribution in [3.05, 3.63) is 28.8 Å². The largest absolute Gasteiger partial charge is 0.398 e. The lowest BCUT2D eigenvalue weighted by molar-refractivity contribution is -0.123. The highest BCUT2D eigenvalue weighted by molar-refractivity contribution is 6.31. The average Bonchev–Trinajstić information content (AvgIpc) is 2.28. The van der Waals surface area contributed by atoms with E-state index < -0.39 is 0 Å². The number of rotatable bonds is 1. The molecule has 0 radical (unpaired) electrons. The summed E-state index contributed by atoms with van der Waals surface area (Å²) in [5.41, 5.74) is 6.44. The van der Waals surface area contributed by atoms with Gasteiger partial charge in [0, 0.05) is 23.8 Å². The van der Waals surface area contributed by atoms with Crippen LogP contribution in [0, 0.1) is 0 Å². The highest BCUT2D eigenvalue weighted by Gasteiger charge is 2.23. The van der Waals surface area contributed by atoms with Crippen LogP contribution in [0.3, 0.4) is 0 Å². The fraction of sp³-hybridized carbons (Fsp3) is 0.273. The van der Waals surface area contributed by atoms with Gasteiger partial charge in [-0.05, 0) is 18.2 Å². The van der Waals surface area contributed by atoms with Gasteiger partial charge in [0.25, 0.3) is 5.91 Å². The smallest absolute Gasteiger partial charge is 0.256 e. The molecule has 1 fully saturated rings. The van der Waals surface area contributed by atoms with Gasteiger partial charge in [-0.3, -0.25) is 9.59 Å². The monoisotopic (exact) mass is 253 g/mol. The molecule has 0 saturated carbocycles. The van der Waals surface area contributed by atoms with Crippen LogP contribution in [0.25, 0.3) is 0 Å². The van der Waals surface area contributed by atoms with E-state index in [0.717, 1.165) is 0 Å². The van der Waals surface area contributed by atoms with Crippen LogP contribution in [0.15, 0.2) is 18.2 Å². The third-order valence-corrected chi connectivity index (χ3v) is 2.80. The summed E-state index contributed by atoms with van der Waals surface area (Å²) in [6, 6.07) is 4.71. The lowest BCUT2D eigenvalue weighted by Crippen LogP contribution is -2.50.